The molecular formula is C11H15NO4S. The average molecular weight is 257 g/mol. The molecule has 0 aliphatic heterocycles. The van der Waals surface area contributed by atoms with E-state index in [9.17, 15) is 9.59 Å². The maximum atomic E-state index is 11.8. The smallest absolute Gasteiger partial charge is 0.308 e. The number of hydrogen-bond acceptors (Lipinski definition) is 4. The van der Waals surface area contributed by atoms with Crippen LogP contribution >= 0.6 is 11.3 Å². The monoisotopic (exact) mass is 257 g/mol. The molecule has 0 aliphatic rings. The van der Waals surface area contributed by atoms with Crippen LogP contribution in [0.25, 0.3) is 0 Å². The quantitative estimate of drug-likeness (QED) is 0.840. The van der Waals surface area contributed by atoms with E-state index in [4.69, 9.17) is 9.84 Å². The Morgan fingerprint density at radius 1 is 1.47 bits per heavy atom. The van der Waals surface area contributed by atoms with Gasteiger partial charge >= 0.3 is 5.97 Å². The fourth-order valence-electron chi connectivity index (χ4n) is 1.23. The van der Waals surface area contributed by atoms with Crippen LogP contribution in [0.15, 0.2) is 11.4 Å². The number of carboxylic acid groups (broad SMARTS) is 1. The molecule has 0 spiro atoms. The molecule has 2 atom stereocenters. The summed E-state index contributed by atoms with van der Waals surface area (Å²) in [4.78, 5) is 23.1. The summed E-state index contributed by atoms with van der Waals surface area (Å²) in [5.74, 6) is -1.37. The Labute approximate surface area is 103 Å². The standard InChI is InChI=1S/C11H15NO4S/c1-6(11(14)15)7(2)12-10(13)9-8(16-3)4-5-17-9/h4-7H,1-3H3,(H,12,13)(H,14,15). The summed E-state index contributed by atoms with van der Waals surface area (Å²) < 4.78 is 5.03. The average Bonchev–Trinajstić information content (AvgIpc) is 2.75. The van der Waals surface area contributed by atoms with Gasteiger partial charge in [0, 0.05) is 6.04 Å². The van der Waals surface area contributed by atoms with Crippen LogP contribution in [0.5, 0.6) is 5.75 Å². The Hall–Kier alpha value is -1.56. The number of nitrogens with one attached hydrogen (secondary N) is 1. The van der Waals surface area contributed by atoms with Gasteiger partial charge < -0.3 is 15.2 Å². The summed E-state index contributed by atoms with van der Waals surface area (Å²) in [6, 6.07) is 1.26. The normalized spacial score (nSPS) is 13.8. The third-order valence-corrected chi connectivity index (χ3v) is 3.45. The molecule has 5 nitrogen and oxygen atoms in total. The lowest BCUT2D eigenvalue weighted by Crippen LogP contribution is -2.39. The molecule has 6 heteroatoms. The van der Waals surface area contributed by atoms with Gasteiger partial charge in [0.2, 0.25) is 0 Å². The van der Waals surface area contributed by atoms with Gasteiger partial charge in [-0.05, 0) is 25.3 Å². The Morgan fingerprint density at radius 2 is 2.12 bits per heavy atom. The Kier molecular flexibility index (Phi) is 4.51. The second-order valence-corrected chi connectivity index (χ2v) is 4.62. The summed E-state index contributed by atoms with van der Waals surface area (Å²) in [7, 11) is 1.49. The molecule has 0 saturated carbocycles. The minimum atomic E-state index is -0.934. The Morgan fingerprint density at radius 3 is 2.65 bits per heavy atom. The molecule has 0 fully saturated rings. The number of thiophene rings is 1. The number of ether oxygens (including phenoxy) is 1. The van der Waals surface area contributed by atoms with Crippen LogP contribution in [0.4, 0.5) is 0 Å². The van der Waals surface area contributed by atoms with Crippen molar-refractivity contribution in [2.24, 2.45) is 5.92 Å². The van der Waals surface area contributed by atoms with Gasteiger partial charge in [-0.1, -0.05) is 0 Å². The fourth-order valence-corrected chi connectivity index (χ4v) is 2.00. The number of carbonyl (C=O) groups is 2. The highest BCUT2D eigenvalue weighted by molar-refractivity contribution is 7.12. The SMILES string of the molecule is COc1ccsc1C(=O)NC(C)C(C)C(=O)O. The minimum Gasteiger partial charge on any atom is -0.495 e. The van der Waals surface area contributed by atoms with Crippen molar-refractivity contribution in [3.8, 4) is 5.75 Å². The van der Waals surface area contributed by atoms with Gasteiger partial charge in [0.1, 0.15) is 10.6 Å². The number of methoxy groups -OCH3 is 1. The van der Waals surface area contributed by atoms with Crippen LogP contribution in [-0.4, -0.2) is 30.1 Å². The number of carbonyl (C=O) groups excluding carboxylic acids is 1. The molecule has 94 valence electrons. The minimum absolute atomic E-state index is 0.308. The molecule has 0 aliphatic carbocycles. The molecule has 2 N–H and O–H groups in total. The molecule has 2 unspecified atom stereocenters. The molecule has 1 aromatic heterocycles. The van der Waals surface area contributed by atoms with Crippen LogP contribution in [0, 0.1) is 5.92 Å². The molecular weight excluding hydrogens is 242 g/mol. The number of aliphatic carboxylic acids is 1. The van der Waals surface area contributed by atoms with Gasteiger partial charge in [0.05, 0.1) is 13.0 Å². The van der Waals surface area contributed by atoms with Gasteiger partial charge in [-0.2, -0.15) is 0 Å². The highest BCUT2D eigenvalue weighted by Gasteiger charge is 2.23. The van der Waals surface area contributed by atoms with Crippen molar-refractivity contribution >= 4 is 23.2 Å². The first kappa shape index (κ1) is 13.5. The van der Waals surface area contributed by atoms with E-state index in [0.717, 1.165) is 0 Å². The van der Waals surface area contributed by atoms with Gasteiger partial charge in [-0.25, -0.2) is 0 Å². The summed E-state index contributed by atoms with van der Waals surface area (Å²) in [5, 5.41) is 13.2. The molecule has 0 radical (unpaired) electrons. The summed E-state index contributed by atoms with van der Waals surface area (Å²) in [5.41, 5.74) is 0. The fraction of sp³-hybridized carbons (Fsp3) is 0.455. The van der Waals surface area contributed by atoms with E-state index in [1.54, 1.807) is 25.3 Å². The van der Waals surface area contributed by atoms with E-state index in [1.807, 2.05) is 0 Å². The van der Waals surface area contributed by atoms with E-state index in [-0.39, 0.29) is 5.91 Å². The predicted octanol–water partition coefficient (Wildman–Crippen LogP) is 1.60. The molecule has 1 heterocycles. The lowest BCUT2D eigenvalue weighted by atomic mass is 10.0. The summed E-state index contributed by atoms with van der Waals surface area (Å²) in [6.45, 7) is 3.22. The van der Waals surface area contributed by atoms with Crippen molar-refractivity contribution in [1.29, 1.82) is 0 Å². The van der Waals surface area contributed by atoms with Crippen LogP contribution in [0.3, 0.4) is 0 Å². The lowest BCUT2D eigenvalue weighted by molar-refractivity contribution is -0.141. The van der Waals surface area contributed by atoms with Crippen molar-refractivity contribution < 1.29 is 19.4 Å². The van der Waals surface area contributed by atoms with Crippen LogP contribution in [-0.2, 0) is 4.79 Å². The van der Waals surface area contributed by atoms with Crippen molar-refractivity contribution in [3.05, 3.63) is 16.3 Å². The number of hydrogen-bond donors (Lipinski definition) is 2. The third kappa shape index (κ3) is 3.20. The zero-order chi connectivity index (χ0) is 13.0. The molecule has 1 rings (SSSR count). The van der Waals surface area contributed by atoms with Crippen molar-refractivity contribution in [2.45, 2.75) is 19.9 Å². The number of amides is 1. The number of rotatable bonds is 5. The zero-order valence-corrected chi connectivity index (χ0v) is 10.7. The topological polar surface area (TPSA) is 75.6 Å². The van der Waals surface area contributed by atoms with Crippen molar-refractivity contribution in [1.82, 2.24) is 5.32 Å². The molecule has 0 aromatic carbocycles. The van der Waals surface area contributed by atoms with Crippen LogP contribution < -0.4 is 10.1 Å². The highest BCUT2D eigenvalue weighted by Crippen LogP contribution is 2.24. The highest BCUT2D eigenvalue weighted by atomic mass is 32.1. The van der Waals surface area contributed by atoms with E-state index >= 15 is 0 Å². The molecule has 0 bridgehead atoms. The second-order valence-electron chi connectivity index (χ2n) is 3.71. The van der Waals surface area contributed by atoms with Crippen molar-refractivity contribution in [2.75, 3.05) is 7.11 Å². The first-order valence-corrected chi connectivity index (χ1v) is 6.00. The second kappa shape index (κ2) is 5.67. The maximum absolute atomic E-state index is 11.8. The summed E-state index contributed by atoms with van der Waals surface area (Å²) in [6.07, 6.45) is 0. The largest absolute Gasteiger partial charge is 0.495 e. The summed E-state index contributed by atoms with van der Waals surface area (Å²) >= 11 is 1.26. The molecule has 0 saturated heterocycles. The third-order valence-electron chi connectivity index (χ3n) is 2.55. The first-order valence-electron chi connectivity index (χ1n) is 5.12. The van der Waals surface area contributed by atoms with Gasteiger partial charge in [-0.3, -0.25) is 9.59 Å². The van der Waals surface area contributed by atoms with Crippen LogP contribution in [0.2, 0.25) is 0 Å². The van der Waals surface area contributed by atoms with Gasteiger partial charge in [0.15, 0.2) is 0 Å². The van der Waals surface area contributed by atoms with E-state index in [0.29, 0.717) is 10.6 Å². The maximum Gasteiger partial charge on any atom is 0.308 e. The van der Waals surface area contributed by atoms with Crippen molar-refractivity contribution in [3.63, 3.8) is 0 Å². The lowest BCUT2D eigenvalue weighted by Gasteiger charge is -2.17. The first-order chi connectivity index (χ1) is 7.97. The molecule has 1 aromatic rings. The van der Waals surface area contributed by atoms with Gasteiger partial charge in [-0.15, -0.1) is 11.3 Å². The zero-order valence-electron chi connectivity index (χ0n) is 9.89. The van der Waals surface area contributed by atoms with Crippen LogP contribution in [0.1, 0.15) is 23.5 Å². The van der Waals surface area contributed by atoms with E-state index in [1.165, 1.54) is 18.4 Å². The van der Waals surface area contributed by atoms with E-state index < -0.39 is 17.9 Å². The van der Waals surface area contributed by atoms with Gasteiger partial charge in [0.25, 0.3) is 5.91 Å². The Balaban J connectivity index is 2.70. The molecule has 17 heavy (non-hydrogen) atoms. The molecule has 1 amide bonds. The predicted molar refractivity (Wildman–Crippen MR) is 64.6 cm³/mol. The number of carboxylic acids is 1. The Bertz CT molecular complexity index is 415. The van der Waals surface area contributed by atoms with E-state index in [2.05, 4.69) is 5.32 Å².